The Kier molecular flexibility index (Phi) is 9.87. The van der Waals surface area contributed by atoms with Crippen LogP contribution in [0.3, 0.4) is 0 Å². The second kappa shape index (κ2) is 11.5. The predicted octanol–water partition coefficient (Wildman–Crippen LogP) is 2.74. The van der Waals surface area contributed by atoms with Crippen LogP contribution in [0.4, 0.5) is 0 Å². The quantitative estimate of drug-likeness (QED) is 0.582. The van der Waals surface area contributed by atoms with Crippen LogP contribution in [0.5, 0.6) is 5.75 Å². The highest BCUT2D eigenvalue weighted by Crippen LogP contribution is 2.12. The van der Waals surface area contributed by atoms with E-state index in [1.807, 2.05) is 24.3 Å². The van der Waals surface area contributed by atoms with Crippen LogP contribution in [-0.2, 0) is 11.3 Å². The van der Waals surface area contributed by atoms with Crippen LogP contribution in [0.1, 0.15) is 38.2 Å². The van der Waals surface area contributed by atoms with Crippen molar-refractivity contribution in [2.75, 3.05) is 26.9 Å². The monoisotopic (exact) mass is 295 g/mol. The van der Waals surface area contributed by atoms with Gasteiger partial charge in [0, 0.05) is 19.7 Å². The van der Waals surface area contributed by atoms with Gasteiger partial charge in [0.05, 0.1) is 19.8 Å². The highest BCUT2D eigenvalue weighted by molar-refractivity contribution is 5.28. The molecular weight excluding hydrogens is 266 g/mol. The zero-order chi connectivity index (χ0) is 15.3. The van der Waals surface area contributed by atoms with Gasteiger partial charge >= 0.3 is 0 Å². The first-order chi connectivity index (χ1) is 10.3. The summed E-state index contributed by atoms with van der Waals surface area (Å²) in [6.07, 6.45) is 4.32. The number of aliphatic hydroxyl groups is 1. The van der Waals surface area contributed by atoms with E-state index in [-0.39, 0.29) is 0 Å². The Morgan fingerprint density at radius 3 is 2.86 bits per heavy atom. The number of aliphatic hydroxyl groups excluding tert-OH is 1. The number of hydrogen-bond acceptors (Lipinski definition) is 4. The molecule has 21 heavy (non-hydrogen) atoms. The lowest BCUT2D eigenvalue weighted by Crippen LogP contribution is -2.30. The van der Waals surface area contributed by atoms with Crippen LogP contribution in [0.2, 0.25) is 0 Å². The number of nitrogens with one attached hydrogen (secondary N) is 1. The molecule has 0 aliphatic carbocycles. The van der Waals surface area contributed by atoms with E-state index >= 15 is 0 Å². The summed E-state index contributed by atoms with van der Waals surface area (Å²) in [5, 5.41) is 13.0. The molecule has 0 saturated heterocycles. The summed E-state index contributed by atoms with van der Waals surface area (Å²) in [4.78, 5) is 0. The van der Waals surface area contributed by atoms with Gasteiger partial charge in [0.2, 0.25) is 0 Å². The molecule has 0 aliphatic rings. The topological polar surface area (TPSA) is 50.7 Å². The molecule has 4 nitrogen and oxygen atoms in total. The molecule has 1 aromatic carbocycles. The van der Waals surface area contributed by atoms with Gasteiger partial charge in [0.25, 0.3) is 0 Å². The van der Waals surface area contributed by atoms with E-state index in [0.717, 1.165) is 24.3 Å². The molecule has 120 valence electrons. The molecule has 0 saturated carbocycles. The van der Waals surface area contributed by atoms with Crippen molar-refractivity contribution in [1.29, 1.82) is 0 Å². The fraction of sp³-hybridized carbons (Fsp3) is 0.647. The molecule has 0 heterocycles. The maximum absolute atomic E-state index is 9.82. The fourth-order valence-corrected chi connectivity index (χ4v) is 2.07. The third kappa shape index (κ3) is 8.71. The van der Waals surface area contributed by atoms with Crippen LogP contribution >= 0.6 is 0 Å². The number of unbranched alkanes of at least 4 members (excludes halogenated alkanes) is 3. The zero-order valence-corrected chi connectivity index (χ0v) is 13.3. The third-order valence-electron chi connectivity index (χ3n) is 3.30. The lowest BCUT2D eigenvalue weighted by atomic mass is 10.2. The van der Waals surface area contributed by atoms with Gasteiger partial charge in [-0.15, -0.1) is 0 Å². The van der Waals surface area contributed by atoms with Crippen LogP contribution in [0.15, 0.2) is 24.3 Å². The molecule has 0 spiro atoms. The van der Waals surface area contributed by atoms with E-state index in [1.165, 1.54) is 19.3 Å². The summed E-state index contributed by atoms with van der Waals surface area (Å²) in [5.74, 6) is 0.852. The first-order valence-electron chi connectivity index (χ1n) is 7.85. The lowest BCUT2D eigenvalue weighted by Gasteiger charge is -2.12. The van der Waals surface area contributed by atoms with Gasteiger partial charge in [0.1, 0.15) is 5.75 Å². The molecule has 4 heteroatoms. The minimum atomic E-state index is -0.457. The smallest absolute Gasteiger partial charge is 0.119 e. The Bertz CT molecular complexity index is 371. The maximum Gasteiger partial charge on any atom is 0.119 e. The zero-order valence-electron chi connectivity index (χ0n) is 13.3. The standard InChI is InChI=1S/C17H29NO3/c1-3-4-5-6-10-21-14-16(19)13-18-12-15-8-7-9-17(11-15)20-2/h7-9,11,16,18-19H,3-6,10,12-14H2,1-2H3. The second-order valence-electron chi connectivity index (χ2n) is 5.27. The molecule has 0 fully saturated rings. The van der Waals surface area contributed by atoms with Gasteiger partial charge in [-0.3, -0.25) is 0 Å². The van der Waals surface area contributed by atoms with Crippen molar-refractivity contribution in [3.8, 4) is 5.75 Å². The van der Waals surface area contributed by atoms with Crippen molar-refractivity contribution in [1.82, 2.24) is 5.32 Å². The van der Waals surface area contributed by atoms with E-state index in [9.17, 15) is 5.11 Å². The van der Waals surface area contributed by atoms with Gasteiger partial charge in [0.15, 0.2) is 0 Å². The molecule has 1 rings (SSSR count). The van der Waals surface area contributed by atoms with Crippen molar-refractivity contribution in [3.63, 3.8) is 0 Å². The summed E-state index contributed by atoms with van der Waals surface area (Å²) in [7, 11) is 1.66. The SMILES string of the molecule is CCCCCCOCC(O)CNCc1cccc(OC)c1. The van der Waals surface area contributed by atoms with Crippen LogP contribution in [0.25, 0.3) is 0 Å². The Morgan fingerprint density at radius 1 is 1.24 bits per heavy atom. The summed E-state index contributed by atoms with van der Waals surface area (Å²) >= 11 is 0. The average Bonchev–Trinajstić information content (AvgIpc) is 2.51. The minimum absolute atomic E-state index is 0.400. The normalized spacial score (nSPS) is 12.3. The summed E-state index contributed by atoms with van der Waals surface area (Å²) in [5.41, 5.74) is 1.14. The van der Waals surface area contributed by atoms with E-state index in [4.69, 9.17) is 9.47 Å². The number of methoxy groups -OCH3 is 1. The number of hydrogen-bond donors (Lipinski definition) is 2. The molecule has 1 atom stereocenters. The molecule has 0 amide bonds. The highest BCUT2D eigenvalue weighted by atomic mass is 16.5. The van der Waals surface area contributed by atoms with Gasteiger partial charge in [-0.05, 0) is 24.1 Å². The minimum Gasteiger partial charge on any atom is -0.497 e. The van der Waals surface area contributed by atoms with E-state index in [1.54, 1.807) is 7.11 Å². The third-order valence-corrected chi connectivity index (χ3v) is 3.30. The summed E-state index contributed by atoms with van der Waals surface area (Å²) in [6.45, 7) is 4.58. The molecule has 2 N–H and O–H groups in total. The van der Waals surface area contributed by atoms with Gasteiger partial charge in [-0.25, -0.2) is 0 Å². The van der Waals surface area contributed by atoms with Crippen molar-refractivity contribution >= 4 is 0 Å². The number of ether oxygens (including phenoxy) is 2. The summed E-state index contributed by atoms with van der Waals surface area (Å²) < 4.78 is 10.6. The van der Waals surface area contributed by atoms with Crippen molar-refractivity contribution in [3.05, 3.63) is 29.8 Å². The summed E-state index contributed by atoms with van der Waals surface area (Å²) in [6, 6.07) is 7.91. The Morgan fingerprint density at radius 2 is 2.10 bits per heavy atom. The molecule has 0 aliphatic heterocycles. The van der Waals surface area contributed by atoms with E-state index in [2.05, 4.69) is 12.2 Å². The average molecular weight is 295 g/mol. The Labute approximate surface area is 128 Å². The largest absolute Gasteiger partial charge is 0.497 e. The molecule has 0 radical (unpaired) electrons. The van der Waals surface area contributed by atoms with Crippen LogP contribution in [-0.4, -0.2) is 38.1 Å². The van der Waals surface area contributed by atoms with E-state index < -0.39 is 6.10 Å². The molecule has 1 aromatic rings. The van der Waals surface area contributed by atoms with Crippen LogP contribution in [0, 0.1) is 0 Å². The molecular formula is C17H29NO3. The number of rotatable bonds is 12. The van der Waals surface area contributed by atoms with Crippen LogP contribution < -0.4 is 10.1 Å². The molecule has 1 unspecified atom stereocenters. The number of benzene rings is 1. The van der Waals surface area contributed by atoms with Gasteiger partial charge in [-0.2, -0.15) is 0 Å². The predicted molar refractivity (Wildman–Crippen MR) is 85.7 cm³/mol. The van der Waals surface area contributed by atoms with Gasteiger partial charge in [-0.1, -0.05) is 38.3 Å². The van der Waals surface area contributed by atoms with Crippen molar-refractivity contribution in [2.45, 2.75) is 45.3 Å². The second-order valence-corrected chi connectivity index (χ2v) is 5.27. The Balaban J connectivity index is 2.06. The Hall–Kier alpha value is -1.10. The molecule has 0 aromatic heterocycles. The van der Waals surface area contributed by atoms with E-state index in [0.29, 0.717) is 19.7 Å². The molecule has 0 bridgehead atoms. The van der Waals surface area contributed by atoms with Gasteiger partial charge < -0.3 is 19.9 Å². The van der Waals surface area contributed by atoms with Crippen molar-refractivity contribution < 1.29 is 14.6 Å². The first kappa shape index (κ1) is 18.0. The maximum atomic E-state index is 9.82. The highest BCUT2D eigenvalue weighted by Gasteiger charge is 2.04. The lowest BCUT2D eigenvalue weighted by molar-refractivity contribution is 0.0353. The van der Waals surface area contributed by atoms with Crippen molar-refractivity contribution in [2.24, 2.45) is 0 Å². The fourth-order valence-electron chi connectivity index (χ4n) is 2.07. The first-order valence-corrected chi connectivity index (χ1v) is 7.85.